The van der Waals surface area contributed by atoms with Crippen molar-refractivity contribution < 1.29 is 9.72 Å². The van der Waals surface area contributed by atoms with Crippen molar-refractivity contribution in [1.82, 2.24) is 10.2 Å². The number of nitrogens with zero attached hydrogens (tertiary/aromatic N) is 4. The Morgan fingerprint density at radius 2 is 1.93 bits per heavy atom. The zero-order valence-corrected chi connectivity index (χ0v) is 16.8. The van der Waals surface area contributed by atoms with Gasteiger partial charge in [0, 0.05) is 51.5 Å². The van der Waals surface area contributed by atoms with Crippen LogP contribution in [-0.4, -0.2) is 49.6 Å². The number of piperidine rings is 1. The van der Waals surface area contributed by atoms with Crippen molar-refractivity contribution in [2.45, 2.75) is 24.9 Å². The first-order chi connectivity index (χ1) is 13.9. The van der Waals surface area contributed by atoms with Gasteiger partial charge in [-0.15, -0.1) is 0 Å². The fourth-order valence-electron chi connectivity index (χ4n) is 4.32. The van der Waals surface area contributed by atoms with Crippen LogP contribution in [0.3, 0.4) is 0 Å². The molecule has 0 radical (unpaired) electrons. The molecule has 8 heteroatoms. The maximum atomic E-state index is 12.2. The number of nitro benzene ring substituents is 1. The van der Waals surface area contributed by atoms with E-state index < -0.39 is 0 Å². The molecule has 0 spiro atoms. The maximum Gasteiger partial charge on any atom is 0.317 e. The van der Waals surface area contributed by atoms with Crippen molar-refractivity contribution in [3.8, 4) is 0 Å². The van der Waals surface area contributed by atoms with Gasteiger partial charge in [0.15, 0.2) is 0 Å². The van der Waals surface area contributed by atoms with Crippen LogP contribution in [0.2, 0.25) is 0 Å². The summed E-state index contributed by atoms with van der Waals surface area (Å²) in [5.74, 6) is 0. The van der Waals surface area contributed by atoms with Crippen LogP contribution in [-0.2, 0) is 0 Å². The van der Waals surface area contributed by atoms with E-state index in [4.69, 9.17) is 0 Å². The predicted octanol–water partition coefficient (Wildman–Crippen LogP) is 3.66. The van der Waals surface area contributed by atoms with Crippen LogP contribution in [0.4, 0.5) is 27.5 Å². The van der Waals surface area contributed by atoms with Gasteiger partial charge < -0.3 is 20.0 Å². The van der Waals surface area contributed by atoms with Crippen LogP contribution in [0, 0.1) is 10.1 Å². The lowest BCUT2D eigenvalue weighted by atomic mass is 9.90. The first-order valence-electron chi connectivity index (χ1n) is 9.72. The molecule has 8 nitrogen and oxygen atoms in total. The Kier molecular flexibility index (Phi) is 4.77. The molecule has 1 N–H and O–H groups in total. The highest BCUT2D eigenvalue weighted by molar-refractivity contribution is 5.83. The number of non-ortho nitro benzene ring substituents is 1. The quantitative estimate of drug-likeness (QED) is 0.620. The van der Waals surface area contributed by atoms with Crippen LogP contribution in [0.1, 0.15) is 24.4 Å². The van der Waals surface area contributed by atoms with Gasteiger partial charge in [-0.2, -0.15) is 0 Å². The van der Waals surface area contributed by atoms with Gasteiger partial charge in [0.25, 0.3) is 5.69 Å². The van der Waals surface area contributed by atoms with Crippen LogP contribution < -0.4 is 15.1 Å². The molecule has 2 heterocycles. The van der Waals surface area contributed by atoms with Gasteiger partial charge in [0.05, 0.1) is 22.3 Å². The number of fused-ring (bicyclic) bond motifs is 5. The standard InChI is InChI=1S/C21H25N5O3/c1-23(2)21(27)22-14-10-11-25-18-9-8-15(26(28)29)13-20(18)24(3)17-7-5-4-6-16(17)19(25)12-14/h4-9,13-14,19H,10-12H2,1-3H3,(H,22,27)/t14-,19+/m0/s1. The molecule has 0 unspecified atom stereocenters. The zero-order valence-electron chi connectivity index (χ0n) is 16.8. The number of urea groups is 1. The Morgan fingerprint density at radius 1 is 1.17 bits per heavy atom. The number of nitrogens with one attached hydrogen (secondary N) is 1. The van der Waals surface area contributed by atoms with Crippen molar-refractivity contribution >= 4 is 28.8 Å². The van der Waals surface area contributed by atoms with Gasteiger partial charge in [-0.05, 0) is 30.5 Å². The molecule has 2 amide bonds. The minimum Gasteiger partial charge on any atom is -0.363 e. The third-order valence-electron chi connectivity index (χ3n) is 5.83. The number of anilines is 3. The predicted molar refractivity (Wildman–Crippen MR) is 113 cm³/mol. The summed E-state index contributed by atoms with van der Waals surface area (Å²) < 4.78 is 0. The minimum atomic E-state index is -0.356. The summed E-state index contributed by atoms with van der Waals surface area (Å²) in [7, 11) is 5.43. The molecule has 2 aliphatic heterocycles. The van der Waals surface area contributed by atoms with E-state index in [2.05, 4.69) is 16.3 Å². The van der Waals surface area contributed by atoms with E-state index in [-0.39, 0.29) is 28.7 Å². The van der Waals surface area contributed by atoms with Crippen LogP contribution in [0.5, 0.6) is 0 Å². The second kappa shape index (κ2) is 7.27. The van der Waals surface area contributed by atoms with E-state index in [0.29, 0.717) is 0 Å². The fourth-order valence-corrected chi connectivity index (χ4v) is 4.32. The highest BCUT2D eigenvalue weighted by Gasteiger charge is 2.36. The van der Waals surface area contributed by atoms with E-state index in [1.165, 1.54) is 0 Å². The number of hydrogen-bond donors (Lipinski definition) is 1. The smallest absolute Gasteiger partial charge is 0.317 e. The Bertz CT molecular complexity index is 961. The summed E-state index contributed by atoms with van der Waals surface area (Å²) in [6, 6.07) is 13.3. The lowest BCUT2D eigenvalue weighted by Crippen LogP contribution is -2.48. The van der Waals surface area contributed by atoms with E-state index in [0.717, 1.165) is 42.0 Å². The largest absolute Gasteiger partial charge is 0.363 e. The van der Waals surface area contributed by atoms with E-state index in [9.17, 15) is 14.9 Å². The number of hydrogen-bond acceptors (Lipinski definition) is 5. The molecule has 0 aliphatic carbocycles. The molecular weight excluding hydrogens is 370 g/mol. The second-order valence-electron chi connectivity index (χ2n) is 7.82. The molecular formula is C21H25N5O3. The van der Waals surface area contributed by atoms with E-state index >= 15 is 0 Å². The molecule has 29 heavy (non-hydrogen) atoms. The molecule has 0 saturated carbocycles. The molecule has 0 bridgehead atoms. The number of amides is 2. The lowest BCUT2D eigenvalue weighted by molar-refractivity contribution is -0.384. The van der Waals surface area contributed by atoms with Gasteiger partial charge in [-0.25, -0.2) is 4.79 Å². The van der Waals surface area contributed by atoms with E-state index in [1.807, 2.05) is 36.2 Å². The van der Waals surface area contributed by atoms with Crippen molar-refractivity contribution in [1.29, 1.82) is 0 Å². The van der Waals surface area contributed by atoms with Crippen LogP contribution >= 0.6 is 0 Å². The first-order valence-corrected chi connectivity index (χ1v) is 9.72. The van der Waals surface area contributed by atoms with Gasteiger partial charge in [0.1, 0.15) is 0 Å². The summed E-state index contributed by atoms with van der Waals surface area (Å²) in [4.78, 5) is 29.0. The molecule has 4 rings (SSSR count). The van der Waals surface area contributed by atoms with Crippen molar-refractivity contribution in [3.63, 3.8) is 0 Å². The number of carbonyl (C=O) groups is 1. The summed E-state index contributed by atoms with van der Waals surface area (Å²) in [5, 5.41) is 14.5. The summed E-state index contributed by atoms with van der Waals surface area (Å²) in [5.41, 5.74) is 4.08. The fraction of sp³-hybridized carbons (Fsp3) is 0.381. The number of benzene rings is 2. The summed E-state index contributed by atoms with van der Waals surface area (Å²) in [6.07, 6.45) is 1.60. The third kappa shape index (κ3) is 3.35. The van der Waals surface area contributed by atoms with Gasteiger partial charge in [0.2, 0.25) is 0 Å². The summed E-state index contributed by atoms with van der Waals surface area (Å²) in [6.45, 7) is 0.760. The monoisotopic (exact) mass is 395 g/mol. The third-order valence-corrected chi connectivity index (χ3v) is 5.83. The molecule has 1 saturated heterocycles. The van der Waals surface area contributed by atoms with Gasteiger partial charge >= 0.3 is 6.03 Å². The Morgan fingerprint density at radius 3 is 2.66 bits per heavy atom. The molecule has 2 aromatic rings. The van der Waals surface area contributed by atoms with Gasteiger partial charge in [-0.1, -0.05) is 18.2 Å². The molecule has 2 atom stereocenters. The average Bonchev–Trinajstić information content (AvgIpc) is 2.81. The topological polar surface area (TPSA) is 82.0 Å². The Labute approximate surface area is 169 Å². The number of carbonyl (C=O) groups excluding carboxylic acids is 1. The molecule has 152 valence electrons. The number of para-hydroxylation sites is 1. The first kappa shape index (κ1) is 19.0. The average molecular weight is 395 g/mol. The Hall–Kier alpha value is -3.29. The van der Waals surface area contributed by atoms with Crippen LogP contribution in [0.15, 0.2) is 42.5 Å². The van der Waals surface area contributed by atoms with Crippen LogP contribution in [0.25, 0.3) is 0 Å². The maximum absolute atomic E-state index is 12.2. The molecule has 2 aliphatic rings. The highest BCUT2D eigenvalue weighted by atomic mass is 16.6. The molecule has 1 fully saturated rings. The Balaban J connectivity index is 1.77. The highest BCUT2D eigenvalue weighted by Crippen LogP contribution is 2.48. The normalized spacial score (nSPS) is 20.1. The minimum absolute atomic E-state index is 0.0733. The van der Waals surface area contributed by atoms with Gasteiger partial charge in [-0.3, -0.25) is 10.1 Å². The summed E-state index contributed by atoms with van der Waals surface area (Å²) >= 11 is 0. The van der Waals surface area contributed by atoms with Crippen molar-refractivity contribution in [2.24, 2.45) is 0 Å². The van der Waals surface area contributed by atoms with E-state index in [1.54, 1.807) is 31.1 Å². The SMILES string of the molecule is CN(C)C(=O)N[C@H]1CCN2c3ccc([N+](=O)[O-])cc3N(C)c3ccccc3[C@H]2C1. The second-order valence-corrected chi connectivity index (χ2v) is 7.82. The zero-order chi connectivity index (χ0) is 20.7. The van der Waals surface area contributed by atoms with Crippen molar-refractivity contribution in [2.75, 3.05) is 37.5 Å². The molecule has 2 aromatic carbocycles. The number of nitro groups is 1. The van der Waals surface area contributed by atoms with Crippen molar-refractivity contribution in [3.05, 3.63) is 58.1 Å². The number of rotatable bonds is 2. The molecule has 0 aromatic heterocycles. The lowest BCUT2D eigenvalue weighted by Gasteiger charge is -2.41.